The maximum absolute atomic E-state index is 4.70. The molecular weight excluding hydrogens is 432 g/mol. The van der Waals surface area contributed by atoms with Gasteiger partial charge in [-0.15, -0.1) is 0 Å². The first-order chi connectivity index (χ1) is 17.8. The molecule has 0 aromatic heterocycles. The van der Waals surface area contributed by atoms with E-state index in [9.17, 15) is 0 Å². The lowest BCUT2D eigenvalue weighted by molar-refractivity contribution is 0.983. The Balaban J connectivity index is 1.81. The van der Waals surface area contributed by atoms with Gasteiger partial charge >= 0.3 is 0 Å². The van der Waals surface area contributed by atoms with Crippen LogP contribution in [0.5, 0.6) is 0 Å². The molecule has 9 rings (SSSR count). The fourth-order valence-electron chi connectivity index (χ4n) is 7.55. The van der Waals surface area contributed by atoms with E-state index in [1.165, 1.54) is 97.3 Å². The van der Waals surface area contributed by atoms with E-state index in [0.717, 1.165) is 12.8 Å². The van der Waals surface area contributed by atoms with Gasteiger partial charge in [-0.05, 0) is 116 Å². The molecule has 0 saturated carbocycles. The van der Waals surface area contributed by atoms with Gasteiger partial charge in [0.05, 0.1) is 0 Å². The fourth-order valence-corrected chi connectivity index (χ4v) is 7.55. The Bertz CT molecular complexity index is 2330. The number of rotatable bonds is 1. The van der Waals surface area contributed by atoms with Gasteiger partial charge in [-0.25, -0.2) is 0 Å². The van der Waals surface area contributed by atoms with Crippen molar-refractivity contribution in [1.82, 2.24) is 0 Å². The molecule has 0 atom stereocenters. The standard InChI is InChI=1S/C36H22/c1-3-20-25-14-8-17-28-27-16-9-15-26-23-12-6-7-13-24(23)30-18-29-22-11-5-4-10-21(22)19(2)31(20)34(29)36(33(25)28)35(30)32(26)27/h3,5-9,11-18H,1-2,4,10H2. The van der Waals surface area contributed by atoms with Gasteiger partial charge in [0.25, 0.3) is 0 Å². The summed E-state index contributed by atoms with van der Waals surface area (Å²) in [4.78, 5) is 0. The fraction of sp³-hybridized carbons (Fsp3) is 0.0556. The van der Waals surface area contributed by atoms with Crippen molar-refractivity contribution in [3.05, 3.63) is 101 Å². The number of hydrogen-bond acceptors (Lipinski definition) is 0. The van der Waals surface area contributed by atoms with E-state index in [-0.39, 0.29) is 0 Å². The Morgan fingerprint density at radius 2 is 1.19 bits per heavy atom. The minimum Gasteiger partial charge on any atom is -0.0984 e. The third-order valence-corrected chi connectivity index (χ3v) is 8.89. The predicted octanol–water partition coefficient (Wildman–Crippen LogP) is 9.37. The highest BCUT2D eigenvalue weighted by molar-refractivity contribution is 6.48. The SMILES string of the molecule is C=Cc1c2cccc3c4cccc5c6ccccc6c6cc7c8c(c(=C)c1c7c(c23)c6c54)CCC=C8. The van der Waals surface area contributed by atoms with E-state index in [1.54, 1.807) is 0 Å². The van der Waals surface area contributed by atoms with E-state index >= 15 is 0 Å². The van der Waals surface area contributed by atoms with Gasteiger partial charge in [0.15, 0.2) is 0 Å². The van der Waals surface area contributed by atoms with E-state index in [4.69, 9.17) is 6.58 Å². The van der Waals surface area contributed by atoms with Crippen LogP contribution in [0.3, 0.4) is 0 Å². The van der Waals surface area contributed by atoms with Gasteiger partial charge in [-0.3, -0.25) is 0 Å². The summed E-state index contributed by atoms with van der Waals surface area (Å²) in [6.45, 7) is 9.01. The van der Waals surface area contributed by atoms with Crippen molar-refractivity contribution in [2.24, 2.45) is 0 Å². The predicted molar refractivity (Wildman–Crippen MR) is 160 cm³/mol. The Hall–Kier alpha value is -4.42. The van der Waals surface area contributed by atoms with Gasteiger partial charge < -0.3 is 0 Å². The molecule has 0 spiro atoms. The molecule has 0 N–H and O–H groups in total. The first kappa shape index (κ1) is 18.9. The lowest BCUT2D eigenvalue weighted by Gasteiger charge is -2.26. The quantitative estimate of drug-likeness (QED) is 0.171. The van der Waals surface area contributed by atoms with Gasteiger partial charge in [0.1, 0.15) is 0 Å². The maximum Gasteiger partial charge on any atom is -0.0000937 e. The van der Waals surface area contributed by atoms with Crippen LogP contribution < -0.4 is 5.22 Å². The largest absolute Gasteiger partial charge is 0.0984 e. The van der Waals surface area contributed by atoms with Crippen molar-refractivity contribution in [2.45, 2.75) is 12.8 Å². The number of benzene rings is 8. The Kier molecular flexibility index (Phi) is 3.26. The van der Waals surface area contributed by atoms with Crippen molar-refractivity contribution in [3.8, 4) is 0 Å². The molecule has 0 fully saturated rings. The topological polar surface area (TPSA) is 0 Å². The summed E-state index contributed by atoms with van der Waals surface area (Å²) in [7, 11) is 0. The lowest BCUT2D eigenvalue weighted by Crippen LogP contribution is -2.15. The van der Waals surface area contributed by atoms with Crippen LogP contribution in [0.25, 0.3) is 94.1 Å². The molecule has 1 aliphatic carbocycles. The summed E-state index contributed by atoms with van der Waals surface area (Å²) < 4.78 is 0. The zero-order valence-electron chi connectivity index (χ0n) is 19.9. The van der Waals surface area contributed by atoms with Crippen LogP contribution in [-0.2, 0) is 6.42 Å². The average Bonchev–Trinajstić information content (AvgIpc) is 2.94. The molecule has 0 aliphatic heterocycles. The van der Waals surface area contributed by atoms with Crippen LogP contribution in [0.15, 0.2) is 79.4 Å². The summed E-state index contributed by atoms with van der Waals surface area (Å²) >= 11 is 0. The Morgan fingerprint density at radius 3 is 1.94 bits per heavy atom. The second kappa shape index (κ2) is 6.22. The molecule has 166 valence electrons. The summed E-state index contributed by atoms with van der Waals surface area (Å²) in [5.41, 5.74) is 3.98. The smallest absolute Gasteiger partial charge is 0.0000937 e. The Morgan fingerprint density at radius 1 is 0.583 bits per heavy atom. The summed E-state index contributed by atoms with van der Waals surface area (Å²) in [5.74, 6) is 0. The van der Waals surface area contributed by atoms with Crippen LogP contribution in [0.4, 0.5) is 0 Å². The molecule has 0 unspecified atom stereocenters. The van der Waals surface area contributed by atoms with E-state index < -0.39 is 0 Å². The van der Waals surface area contributed by atoms with Crippen LogP contribution in [0.2, 0.25) is 0 Å². The number of fused-ring (bicyclic) bond motifs is 6. The number of hydrogen-bond donors (Lipinski definition) is 0. The van der Waals surface area contributed by atoms with Crippen molar-refractivity contribution in [3.63, 3.8) is 0 Å². The first-order valence-corrected chi connectivity index (χ1v) is 12.8. The van der Waals surface area contributed by atoms with Crippen LogP contribution in [-0.4, -0.2) is 0 Å². The highest BCUT2D eigenvalue weighted by atomic mass is 14.3. The van der Waals surface area contributed by atoms with E-state index in [1.807, 2.05) is 0 Å². The second-order valence-electron chi connectivity index (χ2n) is 10.4. The number of allylic oxidation sites excluding steroid dienone is 1. The van der Waals surface area contributed by atoms with Gasteiger partial charge in [-0.1, -0.05) is 92.0 Å². The summed E-state index contributed by atoms with van der Waals surface area (Å²) in [6.07, 6.45) is 8.85. The first-order valence-electron chi connectivity index (χ1n) is 12.8. The second-order valence-corrected chi connectivity index (χ2v) is 10.4. The van der Waals surface area contributed by atoms with Crippen molar-refractivity contribution in [2.75, 3.05) is 0 Å². The molecule has 0 bridgehead atoms. The highest BCUT2D eigenvalue weighted by Gasteiger charge is 2.25. The highest BCUT2D eigenvalue weighted by Crippen LogP contribution is 2.51. The third-order valence-electron chi connectivity index (χ3n) is 8.89. The maximum atomic E-state index is 4.70. The molecule has 0 radical (unpaired) electrons. The van der Waals surface area contributed by atoms with Crippen LogP contribution >= 0.6 is 0 Å². The van der Waals surface area contributed by atoms with Gasteiger partial charge in [0, 0.05) is 0 Å². The zero-order chi connectivity index (χ0) is 23.7. The Labute approximate surface area is 208 Å². The molecule has 36 heavy (non-hydrogen) atoms. The monoisotopic (exact) mass is 454 g/mol. The van der Waals surface area contributed by atoms with Gasteiger partial charge in [0.2, 0.25) is 0 Å². The van der Waals surface area contributed by atoms with Crippen molar-refractivity contribution in [1.29, 1.82) is 0 Å². The molecule has 0 heterocycles. The lowest BCUT2D eigenvalue weighted by atomic mass is 9.77. The molecule has 8 aromatic rings. The summed E-state index contributed by atoms with van der Waals surface area (Å²) in [6, 6.07) is 25.1. The van der Waals surface area contributed by atoms with Gasteiger partial charge in [-0.2, -0.15) is 0 Å². The zero-order valence-corrected chi connectivity index (χ0v) is 19.9. The normalized spacial score (nSPS) is 14.0. The molecule has 0 nitrogen and oxygen atoms in total. The van der Waals surface area contributed by atoms with Crippen molar-refractivity contribution >= 4 is 94.1 Å². The van der Waals surface area contributed by atoms with E-state index in [0.29, 0.717) is 0 Å². The molecule has 0 heteroatoms. The molecular formula is C36H22. The summed E-state index contributed by atoms with van der Waals surface area (Å²) in [5, 5.41) is 20.1. The minimum absolute atomic E-state index is 1.04. The third kappa shape index (κ3) is 1.94. The molecule has 0 amide bonds. The van der Waals surface area contributed by atoms with Crippen LogP contribution in [0, 0.1) is 0 Å². The molecule has 8 aromatic carbocycles. The average molecular weight is 455 g/mol. The van der Waals surface area contributed by atoms with E-state index in [2.05, 4.69) is 91.5 Å². The molecule has 1 aliphatic rings. The van der Waals surface area contributed by atoms with Crippen LogP contribution in [0.1, 0.15) is 23.1 Å². The van der Waals surface area contributed by atoms with Crippen molar-refractivity contribution < 1.29 is 0 Å². The minimum atomic E-state index is 1.04. The molecule has 0 saturated heterocycles.